The summed E-state index contributed by atoms with van der Waals surface area (Å²) >= 11 is 0. The molecule has 0 aliphatic heterocycles. The van der Waals surface area contributed by atoms with Gasteiger partial charge in [-0.15, -0.1) is 0 Å². The van der Waals surface area contributed by atoms with E-state index in [2.05, 4.69) is 10.0 Å². The minimum absolute atomic E-state index is 0.253. The van der Waals surface area contributed by atoms with Gasteiger partial charge in [0, 0.05) is 17.9 Å². The smallest absolute Gasteiger partial charge is 0.261 e. The van der Waals surface area contributed by atoms with Crippen LogP contribution in [0.1, 0.15) is 18.1 Å². The first-order valence-electron chi connectivity index (χ1n) is 6.86. The zero-order valence-corrected chi connectivity index (χ0v) is 13.3. The Morgan fingerprint density at radius 1 is 0.905 bits per heavy atom. The average Bonchev–Trinajstić information content (AvgIpc) is 2.38. The molecule has 0 aliphatic carbocycles. The quantitative estimate of drug-likeness (QED) is 0.888. The van der Waals surface area contributed by atoms with Crippen LogP contribution >= 0.6 is 0 Å². The Balaban J connectivity index is 2.25. The highest BCUT2D eigenvalue weighted by Gasteiger charge is 2.14. The third-order valence-corrected chi connectivity index (χ3v) is 4.42. The van der Waals surface area contributed by atoms with E-state index >= 15 is 0 Å². The van der Waals surface area contributed by atoms with E-state index in [9.17, 15) is 8.42 Å². The molecule has 2 rings (SSSR count). The van der Waals surface area contributed by atoms with Crippen molar-refractivity contribution in [2.75, 3.05) is 16.6 Å². The average molecular weight is 304 g/mol. The Hall–Kier alpha value is -2.01. The van der Waals surface area contributed by atoms with Crippen molar-refractivity contribution in [1.82, 2.24) is 0 Å². The van der Waals surface area contributed by atoms with E-state index in [0.29, 0.717) is 5.69 Å². The molecular formula is C16H20N2O2S. The normalized spacial score (nSPS) is 11.2. The molecule has 0 heterocycles. The van der Waals surface area contributed by atoms with Gasteiger partial charge in [0.2, 0.25) is 0 Å². The molecular weight excluding hydrogens is 284 g/mol. The molecule has 2 aromatic carbocycles. The van der Waals surface area contributed by atoms with Crippen LogP contribution in [0.15, 0.2) is 47.4 Å². The van der Waals surface area contributed by atoms with Crippen molar-refractivity contribution in [3.8, 4) is 0 Å². The van der Waals surface area contributed by atoms with Crippen LogP contribution in [0.3, 0.4) is 0 Å². The number of hydrogen-bond donors (Lipinski definition) is 2. The van der Waals surface area contributed by atoms with E-state index in [1.165, 1.54) is 0 Å². The van der Waals surface area contributed by atoms with Gasteiger partial charge in [0.25, 0.3) is 10.0 Å². The molecule has 0 fully saturated rings. The Bertz CT molecular complexity index is 702. The van der Waals surface area contributed by atoms with E-state index in [4.69, 9.17) is 0 Å². The lowest BCUT2D eigenvalue weighted by molar-refractivity contribution is 0.601. The van der Waals surface area contributed by atoms with Crippen LogP contribution in [0.25, 0.3) is 0 Å². The number of rotatable bonds is 5. The number of hydrogen-bond acceptors (Lipinski definition) is 3. The SMILES string of the molecule is CCNc1ccc(S(=O)(=O)Nc2cc(C)cc(C)c2)cc1. The summed E-state index contributed by atoms with van der Waals surface area (Å²) in [6.45, 7) is 6.67. The van der Waals surface area contributed by atoms with Gasteiger partial charge in [-0.2, -0.15) is 0 Å². The number of benzene rings is 2. The Labute approximate surface area is 126 Å². The Morgan fingerprint density at radius 2 is 1.48 bits per heavy atom. The van der Waals surface area contributed by atoms with Crippen molar-refractivity contribution in [3.05, 3.63) is 53.6 Å². The third-order valence-electron chi connectivity index (χ3n) is 3.02. The lowest BCUT2D eigenvalue weighted by Crippen LogP contribution is -2.13. The van der Waals surface area contributed by atoms with E-state index in [1.54, 1.807) is 24.3 Å². The number of anilines is 2. The molecule has 0 saturated carbocycles. The third kappa shape index (κ3) is 3.98. The summed E-state index contributed by atoms with van der Waals surface area (Å²) in [5.41, 5.74) is 3.54. The molecule has 2 aromatic rings. The van der Waals surface area contributed by atoms with Gasteiger partial charge in [-0.25, -0.2) is 8.42 Å². The standard InChI is InChI=1S/C16H20N2O2S/c1-4-17-14-5-7-16(8-6-14)21(19,20)18-15-10-12(2)9-13(3)11-15/h5-11,17-18H,4H2,1-3H3. The summed E-state index contributed by atoms with van der Waals surface area (Å²) < 4.78 is 27.3. The predicted molar refractivity (Wildman–Crippen MR) is 87.3 cm³/mol. The van der Waals surface area contributed by atoms with Gasteiger partial charge < -0.3 is 5.32 Å². The zero-order chi connectivity index (χ0) is 15.5. The molecule has 0 saturated heterocycles. The van der Waals surface area contributed by atoms with Crippen LogP contribution in [0.2, 0.25) is 0 Å². The topological polar surface area (TPSA) is 58.2 Å². The van der Waals surface area contributed by atoms with Gasteiger partial charge in [-0.1, -0.05) is 6.07 Å². The van der Waals surface area contributed by atoms with Crippen LogP contribution < -0.4 is 10.0 Å². The van der Waals surface area contributed by atoms with Crippen molar-refractivity contribution in [2.45, 2.75) is 25.7 Å². The lowest BCUT2D eigenvalue weighted by Gasteiger charge is -2.10. The highest BCUT2D eigenvalue weighted by Crippen LogP contribution is 2.20. The number of aryl methyl sites for hydroxylation is 2. The molecule has 0 radical (unpaired) electrons. The predicted octanol–water partition coefficient (Wildman–Crippen LogP) is 3.54. The molecule has 0 aliphatic rings. The molecule has 0 atom stereocenters. The minimum atomic E-state index is -3.56. The van der Waals surface area contributed by atoms with Crippen LogP contribution in [0, 0.1) is 13.8 Å². The fourth-order valence-electron chi connectivity index (χ4n) is 2.20. The van der Waals surface area contributed by atoms with Gasteiger partial charge in [0.1, 0.15) is 0 Å². The summed E-state index contributed by atoms with van der Waals surface area (Å²) in [7, 11) is -3.56. The summed E-state index contributed by atoms with van der Waals surface area (Å²) in [5, 5.41) is 3.14. The summed E-state index contributed by atoms with van der Waals surface area (Å²) in [6.07, 6.45) is 0. The van der Waals surface area contributed by atoms with Crippen molar-refractivity contribution >= 4 is 21.4 Å². The van der Waals surface area contributed by atoms with Crippen LogP contribution in [0.4, 0.5) is 11.4 Å². The van der Waals surface area contributed by atoms with Crippen molar-refractivity contribution in [3.63, 3.8) is 0 Å². The Morgan fingerprint density at radius 3 is 2.00 bits per heavy atom. The second-order valence-corrected chi connectivity index (χ2v) is 6.72. The first-order valence-corrected chi connectivity index (χ1v) is 8.34. The van der Waals surface area contributed by atoms with Crippen LogP contribution in [-0.4, -0.2) is 15.0 Å². The number of sulfonamides is 1. The zero-order valence-electron chi connectivity index (χ0n) is 12.5. The molecule has 21 heavy (non-hydrogen) atoms. The maximum Gasteiger partial charge on any atom is 0.261 e. The fraction of sp³-hybridized carbons (Fsp3) is 0.250. The van der Waals surface area contributed by atoms with Gasteiger partial charge in [0.15, 0.2) is 0 Å². The molecule has 4 nitrogen and oxygen atoms in total. The van der Waals surface area contributed by atoms with Crippen molar-refractivity contribution < 1.29 is 8.42 Å². The van der Waals surface area contributed by atoms with Crippen LogP contribution in [-0.2, 0) is 10.0 Å². The fourth-order valence-corrected chi connectivity index (χ4v) is 3.24. The van der Waals surface area contributed by atoms with Gasteiger partial charge >= 0.3 is 0 Å². The summed E-state index contributed by atoms with van der Waals surface area (Å²) in [4.78, 5) is 0.253. The van der Waals surface area contributed by atoms with Crippen molar-refractivity contribution in [1.29, 1.82) is 0 Å². The molecule has 0 spiro atoms. The maximum atomic E-state index is 12.4. The maximum absolute atomic E-state index is 12.4. The van der Waals surface area contributed by atoms with E-state index in [1.807, 2.05) is 39.0 Å². The highest BCUT2D eigenvalue weighted by molar-refractivity contribution is 7.92. The van der Waals surface area contributed by atoms with Gasteiger partial charge in [0.05, 0.1) is 4.90 Å². The van der Waals surface area contributed by atoms with E-state index < -0.39 is 10.0 Å². The number of nitrogens with one attached hydrogen (secondary N) is 2. The van der Waals surface area contributed by atoms with E-state index in [0.717, 1.165) is 23.4 Å². The molecule has 0 aromatic heterocycles. The highest BCUT2D eigenvalue weighted by atomic mass is 32.2. The molecule has 2 N–H and O–H groups in total. The van der Waals surface area contributed by atoms with Gasteiger partial charge in [-0.05, 0) is 68.3 Å². The minimum Gasteiger partial charge on any atom is -0.385 e. The first-order chi connectivity index (χ1) is 9.90. The monoisotopic (exact) mass is 304 g/mol. The van der Waals surface area contributed by atoms with E-state index in [-0.39, 0.29) is 4.90 Å². The lowest BCUT2D eigenvalue weighted by atomic mass is 10.1. The van der Waals surface area contributed by atoms with Gasteiger partial charge in [-0.3, -0.25) is 4.72 Å². The second kappa shape index (κ2) is 6.18. The largest absolute Gasteiger partial charge is 0.385 e. The molecule has 0 bridgehead atoms. The molecule has 0 amide bonds. The molecule has 5 heteroatoms. The molecule has 112 valence electrons. The first kappa shape index (κ1) is 15.4. The summed E-state index contributed by atoms with van der Waals surface area (Å²) in [5.74, 6) is 0. The van der Waals surface area contributed by atoms with Crippen molar-refractivity contribution in [2.24, 2.45) is 0 Å². The summed E-state index contributed by atoms with van der Waals surface area (Å²) in [6, 6.07) is 12.4. The second-order valence-electron chi connectivity index (χ2n) is 5.04. The Kier molecular flexibility index (Phi) is 4.53. The van der Waals surface area contributed by atoms with Crippen LogP contribution in [0.5, 0.6) is 0 Å². The molecule has 0 unspecified atom stereocenters.